The van der Waals surface area contributed by atoms with Crippen molar-refractivity contribution in [1.29, 1.82) is 0 Å². The lowest BCUT2D eigenvalue weighted by Crippen LogP contribution is -2.21. The molecule has 0 spiro atoms. The number of rotatable bonds is 8. The largest absolute Gasteiger partial charge is 0.416 e. The van der Waals surface area contributed by atoms with Crippen LogP contribution in [0.2, 0.25) is 0 Å². The molecular formula is C14H23F3N4. The minimum Gasteiger partial charge on any atom is -0.367 e. The fraction of sp³-hybridized carbons (Fsp3) is 0.643. The molecule has 1 rings (SSSR count). The smallest absolute Gasteiger partial charge is 0.367 e. The summed E-state index contributed by atoms with van der Waals surface area (Å²) in [5.41, 5.74) is 1.41. The predicted molar refractivity (Wildman–Crippen MR) is 78.9 cm³/mol. The van der Waals surface area contributed by atoms with Gasteiger partial charge in [0.2, 0.25) is 0 Å². The Morgan fingerprint density at radius 2 is 1.81 bits per heavy atom. The Kier molecular flexibility index (Phi) is 6.74. The van der Waals surface area contributed by atoms with Crippen molar-refractivity contribution in [2.24, 2.45) is 5.84 Å². The number of nitrogen functional groups attached to an aromatic ring is 1. The van der Waals surface area contributed by atoms with Crippen LogP contribution in [0.4, 0.5) is 24.8 Å². The van der Waals surface area contributed by atoms with Gasteiger partial charge in [0.05, 0.1) is 5.56 Å². The summed E-state index contributed by atoms with van der Waals surface area (Å²) in [7, 11) is 0. The number of hydrogen-bond acceptors (Lipinski definition) is 4. The molecule has 0 aliphatic heterocycles. The highest BCUT2D eigenvalue weighted by molar-refractivity contribution is 5.49. The minimum atomic E-state index is -4.42. The van der Waals surface area contributed by atoms with E-state index in [-0.39, 0.29) is 17.7 Å². The van der Waals surface area contributed by atoms with Gasteiger partial charge in [0, 0.05) is 6.04 Å². The number of anilines is 2. The maximum Gasteiger partial charge on any atom is 0.416 e. The lowest BCUT2D eigenvalue weighted by molar-refractivity contribution is -0.137. The maximum absolute atomic E-state index is 12.8. The topological polar surface area (TPSA) is 63.0 Å². The summed E-state index contributed by atoms with van der Waals surface area (Å²) in [6.45, 7) is 4.13. The van der Waals surface area contributed by atoms with E-state index in [1.165, 1.54) is 0 Å². The van der Waals surface area contributed by atoms with Crippen LogP contribution in [-0.2, 0) is 6.18 Å². The number of aromatic nitrogens is 1. The van der Waals surface area contributed by atoms with E-state index in [2.05, 4.69) is 22.7 Å². The molecule has 1 aromatic heterocycles. The highest BCUT2D eigenvalue weighted by Crippen LogP contribution is 2.32. The first-order valence-corrected chi connectivity index (χ1v) is 7.23. The monoisotopic (exact) mass is 304 g/mol. The molecule has 1 unspecified atom stereocenters. The van der Waals surface area contributed by atoms with Gasteiger partial charge in [0.25, 0.3) is 0 Å². The van der Waals surface area contributed by atoms with Crippen molar-refractivity contribution in [1.82, 2.24) is 4.98 Å². The molecule has 1 heterocycles. The molecule has 7 heteroatoms. The van der Waals surface area contributed by atoms with Gasteiger partial charge in [-0.2, -0.15) is 13.2 Å². The third-order valence-electron chi connectivity index (χ3n) is 3.20. The molecule has 0 aliphatic rings. The summed E-state index contributed by atoms with van der Waals surface area (Å²) >= 11 is 0. The van der Waals surface area contributed by atoms with Crippen LogP contribution in [0.3, 0.4) is 0 Å². The number of pyridine rings is 1. The maximum atomic E-state index is 12.8. The molecule has 120 valence electrons. The van der Waals surface area contributed by atoms with Crippen LogP contribution in [0.1, 0.15) is 51.5 Å². The molecule has 4 N–H and O–H groups in total. The first-order chi connectivity index (χ1) is 9.90. The lowest BCUT2D eigenvalue weighted by atomic mass is 10.1. The summed E-state index contributed by atoms with van der Waals surface area (Å²) in [5, 5.41) is 3.10. The molecular weight excluding hydrogens is 281 g/mol. The molecule has 4 nitrogen and oxygen atoms in total. The number of hydrogen-bond donors (Lipinski definition) is 3. The van der Waals surface area contributed by atoms with E-state index in [4.69, 9.17) is 5.84 Å². The molecule has 0 saturated carbocycles. The predicted octanol–water partition coefficient (Wildman–Crippen LogP) is 4.16. The van der Waals surface area contributed by atoms with Gasteiger partial charge in [0.1, 0.15) is 11.6 Å². The summed E-state index contributed by atoms with van der Waals surface area (Å²) in [4.78, 5) is 4.05. The zero-order valence-electron chi connectivity index (χ0n) is 12.4. The van der Waals surface area contributed by atoms with Crippen LogP contribution in [-0.4, -0.2) is 11.0 Å². The fourth-order valence-electron chi connectivity index (χ4n) is 2.14. The van der Waals surface area contributed by atoms with E-state index in [1.54, 1.807) is 0 Å². The highest BCUT2D eigenvalue weighted by atomic mass is 19.4. The van der Waals surface area contributed by atoms with Crippen LogP contribution < -0.4 is 16.6 Å². The summed E-state index contributed by atoms with van der Waals surface area (Å²) in [6.07, 6.45) is 0.417. The Labute approximate surface area is 123 Å². The Morgan fingerprint density at radius 1 is 1.14 bits per heavy atom. The molecule has 1 aromatic rings. The quantitative estimate of drug-likeness (QED) is 0.498. The zero-order chi connectivity index (χ0) is 15.9. The second kappa shape index (κ2) is 8.07. The Bertz CT molecular complexity index is 435. The van der Waals surface area contributed by atoms with Crippen LogP contribution in [0, 0.1) is 0 Å². The fourth-order valence-corrected chi connectivity index (χ4v) is 2.14. The van der Waals surface area contributed by atoms with E-state index >= 15 is 0 Å². The summed E-state index contributed by atoms with van der Waals surface area (Å²) in [5.74, 6) is 5.39. The van der Waals surface area contributed by atoms with Gasteiger partial charge in [-0.1, -0.05) is 33.1 Å². The Balaban J connectivity index is 2.94. The van der Waals surface area contributed by atoms with Crippen LogP contribution >= 0.6 is 0 Å². The van der Waals surface area contributed by atoms with E-state index in [0.29, 0.717) is 0 Å². The molecule has 0 saturated heterocycles. The van der Waals surface area contributed by atoms with Crippen molar-refractivity contribution in [3.63, 3.8) is 0 Å². The molecule has 1 atom stereocenters. The Hall–Kier alpha value is -1.50. The number of nitrogens with one attached hydrogen (secondary N) is 2. The minimum absolute atomic E-state index is 0.00179. The van der Waals surface area contributed by atoms with E-state index in [0.717, 1.165) is 44.2 Å². The van der Waals surface area contributed by atoms with Crippen molar-refractivity contribution >= 4 is 11.6 Å². The molecule has 0 aromatic carbocycles. The summed E-state index contributed by atoms with van der Waals surface area (Å²) in [6, 6.07) is 2.04. The van der Waals surface area contributed by atoms with Gasteiger partial charge >= 0.3 is 6.18 Å². The third kappa shape index (κ3) is 5.79. The van der Waals surface area contributed by atoms with Crippen LogP contribution in [0.5, 0.6) is 0 Å². The molecule has 0 bridgehead atoms. The van der Waals surface area contributed by atoms with E-state index in [1.807, 2.05) is 6.92 Å². The van der Waals surface area contributed by atoms with Crippen molar-refractivity contribution in [3.8, 4) is 0 Å². The average molecular weight is 304 g/mol. The standard InChI is InChI=1S/C14H23F3N4/c1-3-5-7-11(6-4-2)19-12-8-10(14(15,16)17)9-13(20-12)21-18/h8-9,11H,3-7,18H2,1-2H3,(H2,19,20,21). The molecule has 0 amide bonds. The van der Waals surface area contributed by atoms with Gasteiger partial charge in [-0.3, -0.25) is 0 Å². The van der Waals surface area contributed by atoms with Crippen LogP contribution in [0.15, 0.2) is 12.1 Å². The van der Waals surface area contributed by atoms with Gasteiger partial charge in [0.15, 0.2) is 0 Å². The van der Waals surface area contributed by atoms with Crippen LogP contribution in [0.25, 0.3) is 0 Å². The van der Waals surface area contributed by atoms with Crippen molar-refractivity contribution in [3.05, 3.63) is 17.7 Å². The number of halogens is 3. The average Bonchev–Trinajstić information content (AvgIpc) is 2.43. The van der Waals surface area contributed by atoms with Crippen molar-refractivity contribution < 1.29 is 13.2 Å². The van der Waals surface area contributed by atoms with Gasteiger partial charge in [-0.15, -0.1) is 0 Å². The molecule has 0 radical (unpaired) electrons. The normalized spacial score (nSPS) is 13.0. The number of hydrazine groups is 1. The summed E-state index contributed by atoms with van der Waals surface area (Å²) < 4.78 is 38.5. The first-order valence-electron chi connectivity index (χ1n) is 7.23. The lowest BCUT2D eigenvalue weighted by Gasteiger charge is -2.20. The third-order valence-corrected chi connectivity index (χ3v) is 3.20. The number of alkyl halides is 3. The number of unbranched alkanes of at least 4 members (excludes halogenated alkanes) is 1. The van der Waals surface area contributed by atoms with E-state index < -0.39 is 11.7 Å². The highest BCUT2D eigenvalue weighted by Gasteiger charge is 2.31. The van der Waals surface area contributed by atoms with Gasteiger partial charge in [-0.25, -0.2) is 10.8 Å². The number of nitrogens with two attached hydrogens (primary N) is 1. The molecule has 0 aliphatic carbocycles. The number of nitrogens with zero attached hydrogens (tertiary/aromatic N) is 1. The second-order valence-corrected chi connectivity index (χ2v) is 5.04. The molecule has 0 fully saturated rings. The Morgan fingerprint density at radius 3 is 2.33 bits per heavy atom. The van der Waals surface area contributed by atoms with Crippen molar-refractivity contribution in [2.45, 2.75) is 58.2 Å². The SMILES string of the molecule is CCCCC(CCC)Nc1cc(C(F)(F)F)cc(NN)n1. The zero-order valence-corrected chi connectivity index (χ0v) is 12.4. The van der Waals surface area contributed by atoms with Gasteiger partial charge < -0.3 is 10.7 Å². The van der Waals surface area contributed by atoms with Gasteiger partial charge in [-0.05, 0) is 25.0 Å². The first kappa shape index (κ1) is 17.6. The molecule has 21 heavy (non-hydrogen) atoms. The van der Waals surface area contributed by atoms with E-state index in [9.17, 15) is 13.2 Å². The van der Waals surface area contributed by atoms with Crippen molar-refractivity contribution in [2.75, 3.05) is 10.7 Å². The second-order valence-electron chi connectivity index (χ2n) is 5.04.